The third kappa shape index (κ3) is 58.3. The maximum atomic E-state index is 12.8. The summed E-state index contributed by atoms with van der Waals surface area (Å²) in [5.74, 6) is -0.870. The average molecular weight is 1010 g/mol. The molecule has 1 unspecified atom stereocenters. The van der Waals surface area contributed by atoms with Crippen molar-refractivity contribution in [1.82, 2.24) is 0 Å². The van der Waals surface area contributed by atoms with Crippen LogP contribution >= 0.6 is 0 Å². The van der Waals surface area contributed by atoms with Crippen molar-refractivity contribution in [2.24, 2.45) is 0 Å². The van der Waals surface area contributed by atoms with Gasteiger partial charge in [-0.25, -0.2) is 0 Å². The molecule has 0 aromatic heterocycles. The summed E-state index contributed by atoms with van der Waals surface area (Å²) in [5, 5.41) is 0. The Morgan fingerprint density at radius 2 is 0.500 bits per heavy atom. The van der Waals surface area contributed by atoms with Crippen molar-refractivity contribution >= 4 is 17.9 Å². The molecular weight excluding hydrogens is 889 g/mol. The van der Waals surface area contributed by atoms with Crippen LogP contribution in [0.4, 0.5) is 0 Å². The molecule has 72 heavy (non-hydrogen) atoms. The van der Waals surface area contributed by atoms with Gasteiger partial charge in [-0.3, -0.25) is 14.4 Å². The van der Waals surface area contributed by atoms with Crippen molar-refractivity contribution in [3.63, 3.8) is 0 Å². The van der Waals surface area contributed by atoms with Gasteiger partial charge >= 0.3 is 17.9 Å². The molecule has 6 heteroatoms. The number of hydrogen-bond acceptors (Lipinski definition) is 6. The summed E-state index contributed by atoms with van der Waals surface area (Å²) in [7, 11) is 0. The first-order chi connectivity index (χ1) is 35.5. The SMILES string of the molecule is CCCCCCC/C=C\C/C=C\CCCCCCCCCCCCCCCCCC(=O)OCC(COC(=O)CCCCCCCC)OC(=O)CCCCCCCCCCC/C=C\C/C=C\CCCCCCC. The number of ether oxygens (including phenoxy) is 3. The van der Waals surface area contributed by atoms with Crippen molar-refractivity contribution in [2.45, 2.75) is 341 Å². The largest absolute Gasteiger partial charge is 0.462 e. The van der Waals surface area contributed by atoms with E-state index in [1.807, 2.05) is 0 Å². The second-order valence-corrected chi connectivity index (χ2v) is 21.3. The van der Waals surface area contributed by atoms with Gasteiger partial charge in [-0.1, -0.05) is 281 Å². The normalized spacial score (nSPS) is 12.3. The number of unbranched alkanes of at least 4 members (excludes halogenated alkanes) is 39. The van der Waals surface area contributed by atoms with Crippen molar-refractivity contribution < 1.29 is 28.6 Å². The van der Waals surface area contributed by atoms with Gasteiger partial charge in [-0.2, -0.15) is 0 Å². The molecule has 0 rings (SSSR count). The molecule has 420 valence electrons. The monoisotopic (exact) mass is 1010 g/mol. The minimum absolute atomic E-state index is 0.0720. The van der Waals surface area contributed by atoms with Gasteiger partial charge in [-0.15, -0.1) is 0 Å². The van der Waals surface area contributed by atoms with Crippen LogP contribution in [0.3, 0.4) is 0 Å². The third-order valence-corrected chi connectivity index (χ3v) is 14.1. The summed E-state index contributed by atoms with van der Waals surface area (Å²) in [4.78, 5) is 38.0. The predicted octanol–water partition coefficient (Wildman–Crippen LogP) is 21.4. The second kappa shape index (κ2) is 60.9. The maximum Gasteiger partial charge on any atom is 0.306 e. The van der Waals surface area contributed by atoms with Crippen LogP contribution in [0.15, 0.2) is 48.6 Å². The van der Waals surface area contributed by atoms with Gasteiger partial charge in [-0.05, 0) is 83.5 Å². The molecule has 0 amide bonds. The van der Waals surface area contributed by atoms with E-state index < -0.39 is 6.10 Å². The smallest absolute Gasteiger partial charge is 0.306 e. The highest BCUT2D eigenvalue weighted by Gasteiger charge is 2.19. The Balaban J connectivity index is 4.06. The molecule has 0 aromatic carbocycles. The minimum Gasteiger partial charge on any atom is -0.462 e. The Morgan fingerprint density at radius 1 is 0.278 bits per heavy atom. The van der Waals surface area contributed by atoms with E-state index in [0.29, 0.717) is 19.3 Å². The van der Waals surface area contributed by atoms with Crippen LogP contribution in [0.25, 0.3) is 0 Å². The van der Waals surface area contributed by atoms with Gasteiger partial charge in [0.1, 0.15) is 13.2 Å². The predicted molar refractivity (Wildman–Crippen MR) is 312 cm³/mol. The minimum atomic E-state index is -0.771. The molecule has 0 bridgehead atoms. The van der Waals surface area contributed by atoms with Gasteiger partial charge in [0, 0.05) is 19.3 Å². The molecule has 0 spiro atoms. The van der Waals surface area contributed by atoms with E-state index >= 15 is 0 Å². The summed E-state index contributed by atoms with van der Waals surface area (Å²) >= 11 is 0. The van der Waals surface area contributed by atoms with E-state index in [1.54, 1.807) is 0 Å². The standard InChI is InChI=1S/C66H120O6/c1-4-7-10-13-16-18-20-22-24-26-28-30-31-32-33-34-35-37-38-40-42-44-46-48-50-53-56-59-65(68)71-62-63(61-70-64(67)58-55-52-15-12-9-6-3)72-66(69)60-57-54-51-49-47-45-43-41-39-36-29-27-25-23-21-19-17-14-11-8-5-2/h20-23,26-29,63H,4-19,24-25,30-62H2,1-3H3/b22-20-,23-21-,28-26-,29-27-. The van der Waals surface area contributed by atoms with E-state index in [-0.39, 0.29) is 31.1 Å². The fourth-order valence-corrected chi connectivity index (χ4v) is 9.27. The first-order valence-electron chi connectivity index (χ1n) is 31.6. The lowest BCUT2D eigenvalue weighted by atomic mass is 10.0. The fraction of sp³-hybridized carbons (Fsp3) is 0.833. The van der Waals surface area contributed by atoms with Crippen molar-refractivity contribution in [2.75, 3.05) is 13.2 Å². The number of carbonyl (C=O) groups is 3. The van der Waals surface area contributed by atoms with Crippen LogP contribution in [-0.4, -0.2) is 37.2 Å². The lowest BCUT2D eigenvalue weighted by Gasteiger charge is -2.18. The molecule has 0 aliphatic rings. The summed E-state index contributed by atoms with van der Waals surface area (Å²) in [6, 6.07) is 0. The van der Waals surface area contributed by atoms with E-state index in [0.717, 1.165) is 70.6 Å². The Labute approximate surface area is 448 Å². The van der Waals surface area contributed by atoms with Crippen LogP contribution in [0.5, 0.6) is 0 Å². The Bertz CT molecular complexity index is 1250. The summed E-state index contributed by atoms with van der Waals surface area (Å²) in [6.07, 6.45) is 75.8. The molecule has 0 fully saturated rings. The summed E-state index contributed by atoms with van der Waals surface area (Å²) in [6.45, 7) is 6.60. The highest BCUT2D eigenvalue weighted by molar-refractivity contribution is 5.71. The molecule has 6 nitrogen and oxygen atoms in total. The molecule has 0 saturated heterocycles. The van der Waals surface area contributed by atoms with E-state index in [9.17, 15) is 14.4 Å². The lowest BCUT2D eigenvalue weighted by Crippen LogP contribution is -2.30. The first kappa shape index (κ1) is 69.4. The average Bonchev–Trinajstić information content (AvgIpc) is 3.38. The third-order valence-electron chi connectivity index (χ3n) is 14.1. The van der Waals surface area contributed by atoms with Gasteiger partial charge in [0.15, 0.2) is 6.10 Å². The molecule has 1 atom stereocenters. The molecule has 0 N–H and O–H groups in total. The van der Waals surface area contributed by atoms with Crippen LogP contribution in [-0.2, 0) is 28.6 Å². The van der Waals surface area contributed by atoms with Crippen molar-refractivity contribution in [3.05, 3.63) is 48.6 Å². The van der Waals surface area contributed by atoms with Crippen LogP contribution in [0, 0.1) is 0 Å². The number of rotatable bonds is 58. The fourth-order valence-electron chi connectivity index (χ4n) is 9.27. The molecule has 0 aliphatic heterocycles. The highest BCUT2D eigenvalue weighted by Crippen LogP contribution is 2.17. The number of allylic oxidation sites excluding steroid dienone is 8. The van der Waals surface area contributed by atoms with Crippen molar-refractivity contribution in [3.8, 4) is 0 Å². The molecular formula is C66H120O6. The zero-order valence-electron chi connectivity index (χ0n) is 48.2. The number of hydrogen-bond donors (Lipinski definition) is 0. The quantitative estimate of drug-likeness (QED) is 0.0261. The van der Waals surface area contributed by atoms with Gasteiger partial charge < -0.3 is 14.2 Å². The lowest BCUT2D eigenvalue weighted by molar-refractivity contribution is -0.167. The van der Waals surface area contributed by atoms with Crippen LogP contribution in [0.1, 0.15) is 335 Å². The number of esters is 3. The van der Waals surface area contributed by atoms with E-state index in [1.165, 1.54) is 225 Å². The van der Waals surface area contributed by atoms with E-state index in [2.05, 4.69) is 69.4 Å². The molecule has 0 radical (unpaired) electrons. The van der Waals surface area contributed by atoms with E-state index in [4.69, 9.17) is 14.2 Å². The zero-order chi connectivity index (χ0) is 52.2. The maximum absolute atomic E-state index is 12.8. The summed E-state index contributed by atoms with van der Waals surface area (Å²) < 4.78 is 16.8. The molecule has 0 aromatic rings. The van der Waals surface area contributed by atoms with Gasteiger partial charge in [0.05, 0.1) is 0 Å². The Kier molecular flexibility index (Phi) is 58.7. The molecule has 0 heterocycles. The Hall–Kier alpha value is -2.63. The second-order valence-electron chi connectivity index (χ2n) is 21.3. The zero-order valence-corrected chi connectivity index (χ0v) is 48.2. The van der Waals surface area contributed by atoms with Gasteiger partial charge in [0.25, 0.3) is 0 Å². The number of carbonyl (C=O) groups excluding carboxylic acids is 3. The highest BCUT2D eigenvalue weighted by atomic mass is 16.6. The first-order valence-corrected chi connectivity index (χ1v) is 31.6. The Morgan fingerprint density at radius 3 is 0.764 bits per heavy atom. The topological polar surface area (TPSA) is 78.9 Å². The van der Waals surface area contributed by atoms with Gasteiger partial charge in [0.2, 0.25) is 0 Å². The van der Waals surface area contributed by atoms with Crippen LogP contribution < -0.4 is 0 Å². The summed E-state index contributed by atoms with van der Waals surface area (Å²) in [5.41, 5.74) is 0. The van der Waals surface area contributed by atoms with Crippen molar-refractivity contribution in [1.29, 1.82) is 0 Å². The van der Waals surface area contributed by atoms with Crippen LogP contribution in [0.2, 0.25) is 0 Å². The molecule has 0 aliphatic carbocycles. The molecule has 0 saturated carbocycles.